The molecule has 0 heterocycles. The monoisotopic (exact) mass is 158 g/mol. The molecule has 0 fully saturated rings. The fourth-order valence-electron chi connectivity index (χ4n) is 0.979. The molecule has 0 saturated heterocycles. The molecule has 0 aliphatic heterocycles. The molecule has 0 radical (unpaired) electrons. The van der Waals surface area contributed by atoms with Gasteiger partial charge in [-0.15, -0.1) is 0 Å². The van der Waals surface area contributed by atoms with E-state index in [9.17, 15) is 4.79 Å². The highest BCUT2D eigenvalue weighted by atomic mass is 16.4. The number of aliphatic carboxylic acids is 1. The quantitative estimate of drug-likeness (QED) is 0.601. The maximum atomic E-state index is 10.3. The number of hydrogen-bond acceptors (Lipinski definition) is 3. The summed E-state index contributed by atoms with van der Waals surface area (Å²) in [7, 11) is 0. The average Bonchev–Trinajstić information content (AvgIpc) is 2.00. The van der Waals surface area contributed by atoms with Gasteiger partial charge in [0.15, 0.2) is 0 Å². The zero-order valence-electron chi connectivity index (χ0n) is 6.92. The molecule has 11 heavy (non-hydrogen) atoms. The fourth-order valence-corrected chi connectivity index (χ4v) is 0.979. The smallest absolute Gasteiger partial charge is 0.305 e. The Labute approximate surface area is 66.1 Å². The molecule has 0 aliphatic rings. The third-order valence-electron chi connectivity index (χ3n) is 2.03. The average molecular weight is 158 g/mol. The van der Waals surface area contributed by atoms with Crippen molar-refractivity contribution in [2.24, 2.45) is 5.11 Å². The summed E-state index contributed by atoms with van der Waals surface area (Å²) in [6.45, 7) is 3.70. The Bertz CT molecular complexity index is 153. The summed E-state index contributed by atoms with van der Waals surface area (Å²) in [6, 6.07) is 0. The van der Waals surface area contributed by atoms with Crippen LogP contribution < -0.4 is 0 Å². The third-order valence-corrected chi connectivity index (χ3v) is 2.03. The number of carboxylic acids is 1. The first kappa shape index (κ1) is 10.1. The number of hydrogen-bond donors (Lipinski definition) is 2. The van der Waals surface area contributed by atoms with Crippen molar-refractivity contribution in [1.29, 1.82) is 5.53 Å². The molecule has 0 aromatic heterocycles. The maximum Gasteiger partial charge on any atom is 0.305 e. The van der Waals surface area contributed by atoms with Crippen molar-refractivity contribution >= 4 is 5.97 Å². The SMILES string of the molecule is CCC(CC)(CC(=O)O)N=N. The Morgan fingerprint density at radius 1 is 1.55 bits per heavy atom. The van der Waals surface area contributed by atoms with Gasteiger partial charge >= 0.3 is 5.97 Å². The van der Waals surface area contributed by atoms with Crippen LogP contribution in [0.3, 0.4) is 0 Å². The molecule has 0 bridgehead atoms. The Morgan fingerprint density at radius 3 is 2.09 bits per heavy atom. The van der Waals surface area contributed by atoms with E-state index in [-0.39, 0.29) is 6.42 Å². The van der Waals surface area contributed by atoms with Crippen molar-refractivity contribution in [2.45, 2.75) is 38.6 Å². The van der Waals surface area contributed by atoms with Crippen LogP contribution in [-0.2, 0) is 4.79 Å². The fraction of sp³-hybridized carbons (Fsp3) is 0.857. The van der Waals surface area contributed by atoms with Crippen molar-refractivity contribution in [1.82, 2.24) is 0 Å². The van der Waals surface area contributed by atoms with Gasteiger partial charge < -0.3 is 5.11 Å². The van der Waals surface area contributed by atoms with Gasteiger partial charge in [0.1, 0.15) is 0 Å². The molecule has 0 saturated carbocycles. The Kier molecular flexibility index (Phi) is 3.71. The van der Waals surface area contributed by atoms with E-state index < -0.39 is 11.5 Å². The zero-order valence-corrected chi connectivity index (χ0v) is 6.92. The number of rotatable bonds is 5. The largest absolute Gasteiger partial charge is 0.481 e. The predicted molar refractivity (Wildman–Crippen MR) is 40.7 cm³/mol. The number of nitrogens with one attached hydrogen (secondary N) is 1. The molecule has 0 aromatic rings. The van der Waals surface area contributed by atoms with E-state index in [4.69, 9.17) is 10.6 Å². The predicted octanol–water partition coefficient (Wildman–Crippen LogP) is 2.05. The Hall–Kier alpha value is -0.930. The molecular formula is C7H14N2O2. The van der Waals surface area contributed by atoms with E-state index in [2.05, 4.69) is 5.11 Å². The first-order chi connectivity index (χ1) is 5.10. The van der Waals surface area contributed by atoms with Crippen molar-refractivity contribution < 1.29 is 9.90 Å². The van der Waals surface area contributed by atoms with Crippen LogP contribution in [-0.4, -0.2) is 16.6 Å². The minimum absolute atomic E-state index is 0.0382. The van der Waals surface area contributed by atoms with Crippen LogP contribution in [0, 0.1) is 5.53 Å². The molecule has 0 aromatic carbocycles. The van der Waals surface area contributed by atoms with Crippen molar-refractivity contribution in [2.75, 3.05) is 0 Å². The van der Waals surface area contributed by atoms with Gasteiger partial charge in [0, 0.05) is 0 Å². The molecule has 2 N–H and O–H groups in total. The van der Waals surface area contributed by atoms with E-state index in [1.165, 1.54) is 0 Å². The molecule has 4 nitrogen and oxygen atoms in total. The Morgan fingerprint density at radius 2 is 2.00 bits per heavy atom. The summed E-state index contributed by atoms with van der Waals surface area (Å²) in [5, 5.41) is 11.9. The summed E-state index contributed by atoms with van der Waals surface area (Å²) in [6.07, 6.45) is 1.18. The first-order valence-electron chi connectivity index (χ1n) is 3.70. The second-order valence-electron chi connectivity index (χ2n) is 2.61. The van der Waals surface area contributed by atoms with Crippen molar-refractivity contribution in [3.63, 3.8) is 0 Å². The van der Waals surface area contributed by atoms with Crippen LogP contribution in [0.4, 0.5) is 0 Å². The van der Waals surface area contributed by atoms with Gasteiger partial charge in [-0.3, -0.25) is 4.79 Å². The number of nitrogens with zero attached hydrogens (tertiary/aromatic N) is 1. The van der Waals surface area contributed by atoms with Gasteiger partial charge in [0.25, 0.3) is 0 Å². The van der Waals surface area contributed by atoms with E-state index in [0.717, 1.165) is 0 Å². The standard InChI is InChI=1S/C7H14N2O2/c1-3-7(4-2,9-8)5-6(10)11/h8H,3-5H2,1-2H3,(H,10,11). The first-order valence-corrected chi connectivity index (χ1v) is 3.70. The van der Waals surface area contributed by atoms with E-state index >= 15 is 0 Å². The molecule has 0 amide bonds. The van der Waals surface area contributed by atoms with Crippen LogP contribution in [0.15, 0.2) is 5.11 Å². The van der Waals surface area contributed by atoms with Crippen LogP contribution >= 0.6 is 0 Å². The van der Waals surface area contributed by atoms with Gasteiger partial charge in [-0.25, -0.2) is 5.53 Å². The van der Waals surface area contributed by atoms with Crippen LogP contribution in [0.25, 0.3) is 0 Å². The second kappa shape index (κ2) is 4.05. The van der Waals surface area contributed by atoms with Crippen LogP contribution in [0.1, 0.15) is 33.1 Å². The minimum Gasteiger partial charge on any atom is -0.481 e. The molecular weight excluding hydrogens is 144 g/mol. The van der Waals surface area contributed by atoms with Gasteiger partial charge in [-0.05, 0) is 12.8 Å². The molecule has 0 spiro atoms. The topological polar surface area (TPSA) is 73.5 Å². The van der Waals surface area contributed by atoms with E-state index in [1.54, 1.807) is 0 Å². The van der Waals surface area contributed by atoms with E-state index in [0.29, 0.717) is 12.8 Å². The summed E-state index contributed by atoms with van der Waals surface area (Å²) < 4.78 is 0. The second-order valence-corrected chi connectivity index (χ2v) is 2.61. The minimum atomic E-state index is -0.885. The Balaban J connectivity index is 4.28. The third kappa shape index (κ3) is 2.65. The number of carboxylic acid groups (broad SMARTS) is 1. The van der Waals surface area contributed by atoms with E-state index in [1.807, 2.05) is 13.8 Å². The van der Waals surface area contributed by atoms with Crippen molar-refractivity contribution in [3.8, 4) is 0 Å². The zero-order chi connectivity index (χ0) is 8.91. The maximum absolute atomic E-state index is 10.3. The molecule has 0 atom stereocenters. The highest BCUT2D eigenvalue weighted by molar-refractivity contribution is 5.68. The normalized spacial score (nSPS) is 11.1. The summed E-state index contributed by atoms with van der Waals surface area (Å²) in [4.78, 5) is 10.3. The molecule has 0 rings (SSSR count). The van der Waals surface area contributed by atoms with Crippen molar-refractivity contribution in [3.05, 3.63) is 0 Å². The molecule has 0 aliphatic carbocycles. The number of carbonyl (C=O) groups is 1. The van der Waals surface area contributed by atoms with Gasteiger partial charge in [-0.2, -0.15) is 5.11 Å². The molecule has 0 unspecified atom stereocenters. The summed E-state index contributed by atoms with van der Waals surface area (Å²) >= 11 is 0. The van der Waals surface area contributed by atoms with Crippen LogP contribution in [0.2, 0.25) is 0 Å². The van der Waals surface area contributed by atoms with Gasteiger partial charge in [-0.1, -0.05) is 13.8 Å². The van der Waals surface area contributed by atoms with Gasteiger partial charge in [0.2, 0.25) is 0 Å². The highest BCUT2D eigenvalue weighted by Crippen LogP contribution is 2.24. The lowest BCUT2D eigenvalue weighted by Crippen LogP contribution is -2.27. The lowest BCUT2D eigenvalue weighted by Gasteiger charge is -2.22. The highest BCUT2D eigenvalue weighted by Gasteiger charge is 2.28. The molecule has 4 heteroatoms. The molecule has 64 valence electrons. The summed E-state index contributed by atoms with van der Waals surface area (Å²) in [5.74, 6) is -0.885. The summed E-state index contributed by atoms with van der Waals surface area (Å²) in [5.41, 5.74) is 6.20. The lowest BCUT2D eigenvalue weighted by molar-refractivity contribution is -0.138. The van der Waals surface area contributed by atoms with Crippen LogP contribution in [0.5, 0.6) is 0 Å². The lowest BCUT2D eigenvalue weighted by atomic mass is 9.90. The van der Waals surface area contributed by atoms with Gasteiger partial charge in [0.05, 0.1) is 12.0 Å².